The molecule has 0 radical (unpaired) electrons. The summed E-state index contributed by atoms with van der Waals surface area (Å²) in [7, 11) is 0. The molecule has 0 aromatic carbocycles. The van der Waals surface area contributed by atoms with Gasteiger partial charge in [0.05, 0.1) is 18.8 Å². The van der Waals surface area contributed by atoms with E-state index >= 15 is 0 Å². The first-order valence-corrected chi connectivity index (χ1v) is 7.37. The smallest absolute Gasteiger partial charge is 0.256 e. The van der Waals surface area contributed by atoms with E-state index in [1.165, 1.54) is 0 Å². The van der Waals surface area contributed by atoms with E-state index < -0.39 is 0 Å². The number of carbonyl (C=O) groups excluding carboxylic acids is 1. The Kier molecular flexibility index (Phi) is 3.65. The minimum atomic E-state index is -0.0583. The molecule has 1 saturated heterocycles. The third kappa shape index (κ3) is 2.40. The van der Waals surface area contributed by atoms with E-state index in [2.05, 4.69) is 15.7 Å². The topological polar surface area (TPSA) is 68.2 Å². The fourth-order valence-electron chi connectivity index (χ4n) is 3.05. The number of hydrogen-bond donors (Lipinski definition) is 2. The van der Waals surface area contributed by atoms with Gasteiger partial charge in [-0.05, 0) is 26.7 Å². The third-order valence-electron chi connectivity index (χ3n) is 4.02. The zero-order valence-electron chi connectivity index (χ0n) is 12.1. The quantitative estimate of drug-likeness (QED) is 0.877. The molecule has 110 valence electrons. The van der Waals surface area contributed by atoms with E-state index in [-0.39, 0.29) is 11.9 Å². The molecule has 6 nitrogen and oxygen atoms in total. The maximum atomic E-state index is 12.2. The Hall–Kier alpha value is -1.56. The summed E-state index contributed by atoms with van der Waals surface area (Å²) < 4.78 is 7.48. The molecule has 2 N–H and O–H groups in total. The van der Waals surface area contributed by atoms with Crippen LogP contribution in [0, 0.1) is 5.92 Å². The molecular weight excluding hydrogens is 256 g/mol. The second-order valence-corrected chi connectivity index (χ2v) is 5.89. The van der Waals surface area contributed by atoms with Crippen molar-refractivity contribution < 1.29 is 9.53 Å². The first kappa shape index (κ1) is 13.4. The normalized spacial score (nSPS) is 25.4. The van der Waals surface area contributed by atoms with Gasteiger partial charge in [0, 0.05) is 25.1 Å². The molecule has 0 spiro atoms. The fourth-order valence-corrected chi connectivity index (χ4v) is 3.05. The van der Waals surface area contributed by atoms with E-state index in [0.29, 0.717) is 17.5 Å². The Bertz CT molecular complexity index is 491. The molecule has 3 heterocycles. The number of nitrogens with one attached hydrogen (secondary N) is 2. The molecular formula is C14H22N4O2. The number of anilines is 1. The summed E-state index contributed by atoms with van der Waals surface area (Å²) in [5.41, 5.74) is 0.641. The second kappa shape index (κ2) is 5.44. The number of rotatable bonds is 3. The Morgan fingerprint density at radius 1 is 1.55 bits per heavy atom. The highest BCUT2D eigenvalue weighted by Gasteiger charge is 2.33. The van der Waals surface area contributed by atoms with Gasteiger partial charge in [-0.15, -0.1) is 0 Å². The Balaban J connectivity index is 1.85. The lowest BCUT2D eigenvalue weighted by atomic mass is 9.95. The molecule has 0 aliphatic carbocycles. The van der Waals surface area contributed by atoms with E-state index in [1.807, 2.05) is 18.5 Å². The number of hydrogen-bond acceptors (Lipinski definition) is 4. The van der Waals surface area contributed by atoms with Crippen molar-refractivity contribution in [2.75, 3.05) is 25.1 Å². The number of fused-ring (bicyclic) bond motifs is 1. The zero-order valence-corrected chi connectivity index (χ0v) is 12.1. The lowest BCUT2D eigenvalue weighted by molar-refractivity contribution is 0.0943. The SMILES string of the molecule is CC(C)NC(=O)c1cnn2c1NCCC2C1CCOC1. The van der Waals surface area contributed by atoms with Gasteiger partial charge in [-0.1, -0.05) is 0 Å². The number of amides is 1. The Labute approximate surface area is 118 Å². The van der Waals surface area contributed by atoms with Crippen molar-refractivity contribution in [1.29, 1.82) is 0 Å². The van der Waals surface area contributed by atoms with Crippen LogP contribution in [-0.4, -0.2) is 41.5 Å². The number of carbonyl (C=O) groups is 1. The van der Waals surface area contributed by atoms with Crippen LogP contribution in [0.2, 0.25) is 0 Å². The maximum Gasteiger partial charge on any atom is 0.256 e. The second-order valence-electron chi connectivity index (χ2n) is 5.89. The van der Waals surface area contributed by atoms with Crippen LogP contribution in [-0.2, 0) is 4.74 Å². The summed E-state index contributed by atoms with van der Waals surface area (Å²) in [6.45, 7) is 6.44. The summed E-state index contributed by atoms with van der Waals surface area (Å²) >= 11 is 0. The lowest BCUT2D eigenvalue weighted by Gasteiger charge is -2.29. The number of aromatic nitrogens is 2. The van der Waals surface area contributed by atoms with Crippen LogP contribution in [0.4, 0.5) is 5.82 Å². The summed E-state index contributed by atoms with van der Waals surface area (Å²) in [4.78, 5) is 12.2. The molecule has 20 heavy (non-hydrogen) atoms. The highest BCUT2D eigenvalue weighted by Crippen LogP contribution is 2.35. The summed E-state index contributed by atoms with van der Waals surface area (Å²) in [5, 5.41) is 10.7. The van der Waals surface area contributed by atoms with Gasteiger partial charge in [0.2, 0.25) is 0 Å². The van der Waals surface area contributed by atoms with Gasteiger partial charge in [-0.2, -0.15) is 5.10 Å². The summed E-state index contributed by atoms with van der Waals surface area (Å²) in [6.07, 6.45) is 3.79. The third-order valence-corrected chi connectivity index (χ3v) is 4.02. The van der Waals surface area contributed by atoms with Gasteiger partial charge in [0.15, 0.2) is 0 Å². The minimum absolute atomic E-state index is 0.0583. The molecule has 3 rings (SSSR count). The molecule has 2 unspecified atom stereocenters. The van der Waals surface area contributed by atoms with Crippen LogP contribution >= 0.6 is 0 Å². The van der Waals surface area contributed by atoms with Crippen molar-refractivity contribution in [1.82, 2.24) is 15.1 Å². The zero-order chi connectivity index (χ0) is 14.1. The van der Waals surface area contributed by atoms with Gasteiger partial charge in [0.1, 0.15) is 11.4 Å². The molecule has 1 fully saturated rings. The number of nitrogens with zero attached hydrogens (tertiary/aromatic N) is 2. The van der Waals surface area contributed by atoms with Crippen LogP contribution in [0.1, 0.15) is 43.1 Å². The molecule has 1 aromatic rings. The van der Waals surface area contributed by atoms with Crippen molar-refractivity contribution >= 4 is 11.7 Å². The molecule has 2 aliphatic heterocycles. The van der Waals surface area contributed by atoms with Crippen molar-refractivity contribution in [3.63, 3.8) is 0 Å². The Morgan fingerprint density at radius 3 is 3.10 bits per heavy atom. The van der Waals surface area contributed by atoms with Crippen molar-refractivity contribution in [3.05, 3.63) is 11.8 Å². The largest absolute Gasteiger partial charge is 0.381 e. The standard InChI is InChI=1S/C14H22N4O2/c1-9(2)17-14(19)11-7-16-18-12(3-5-15-13(11)18)10-4-6-20-8-10/h7,9-10,12,15H,3-6,8H2,1-2H3,(H,17,19). The summed E-state index contributed by atoms with van der Waals surface area (Å²) in [5.74, 6) is 1.31. The average molecular weight is 278 g/mol. The lowest BCUT2D eigenvalue weighted by Crippen LogP contribution is -2.33. The van der Waals surface area contributed by atoms with Crippen molar-refractivity contribution in [2.24, 2.45) is 5.92 Å². The van der Waals surface area contributed by atoms with Crippen LogP contribution in [0.5, 0.6) is 0 Å². The fraction of sp³-hybridized carbons (Fsp3) is 0.714. The molecule has 6 heteroatoms. The first-order chi connectivity index (χ1) is 9.66. The average Bonchev–Trinajstić information content (AvgIpc) is 3.07. The van der Waals surface area contributed by atoms with Crippen molar-refractivity contribution in [2.45, 2.75) is 38.8 Å². The van der Waals surface area contributed by atoms with Gasteiger partial charge >= 0.3 is 0 Å². The molecule has 0 saturated carbocycles. The first-order valence-electron chi connectivity index (χ1n) is 7.37. The summed E-state index contributed by atoms with van der Waals surface area (Å²) in [6, 6.07) is 0.468. The van der Waals surface area contributed by atoms with E-state index in [9.17, 15) is 4.79 Å². The molecule has 0 bridgehead atoms. The van der Waals surface area contributed by atoms with Gasteiger partial charge in [-0.25, -0.2) is 4.68 Å². The van der Waals surface area contributed by atoms with Gasteiger partial charge in [0.25, 0.3) is 5.91 Å². The minimum Gasteiger partial charge on any atom is -0.381 e. The maximum absolute atomic E-state index is 12.2. The van der Waals surface area contributed by atoms with E-state index in [1.54, 1.807) is 6.20 Å². The molecule has 2 aliphatic rings. The van der Waals surface area contributed by atoms with Crippen LogP contribution in [0.3, 0.4) is 0 Å². The highest BCUT2D eigenvalue weighted by molar-refractivity contribution is 5.98. The molecule has 1 aromatic heterocycles. The molecule has 2 atom stereocenters. The molecule has 1 amide bonds. The van der Waals surface area contributed by atoms with Crippen LogP contribution < -0.4 is 10.6 Å². The predicted molar refractivity (Wildman–Crippen MR) is 75.9 cm³/mol. The van der Waals surface area contributed by atoms with Gasteiger partial charge in [-0.3, -0.25) is 4.79 Å². The monoisotopic (exact) mass is 278 g/mol. The Morgan fingerprint density at radius 2 is 2.40 bits per heavy atom. The predicted octanol–water partition coefficient (Wildman–Crippen LogP) is 1.41. The van der Waals surface area contributed by atoms with Crippen molar-refractivity contribution in [3.8, 4) is 0 Å². The number of ether oxygens (including phenoxy) is 1. The van der Waals surface area contributed by atoms with Gasteiger partial charge < -0.3 is 15.4 Å². The van der Waals surface area contributed by atoms with E-state index in [0.717, 1.165) is 38.4 Å². The van der Waals surface area contributed by atoms with Crippen LogP contribution in [0.15, 0.2) is 6.20 Å². The van der Waals surface area contributed by atoms with E-state index in [4.69, 9.17) is 4.74 Å². The van der Waals surface area contributed by atoms with Crippen LogP contribution in [0.25, 0.3) is 0 Å². The highest BCUT2D eigenvalue weighted by atomic mass is 16.5.